The zero-order valence-electron chi connectivity index (χ0n) is 27.4. The summed E-state index contributed by atoms with van der Waals surface area (Å²) in [5.41, 5.74) is 7.79. The van der Waals surface area contributed by atoms with Crippen molar-refractivity contribution in [2.45, 2.75) is 80.1 Å². The van der Waals surface area contributed by atoms with E-state index in [2.05, 4.69) is 4.72 Å². The van der Waals surface area contributed by atoms with Gasteiger partial charge in [0.15, 0.2) is 6.04 Å². The predicted molar refractivity (Wildman–Crippen MR) is 181 cm³/mol. The molecule has 1 heterocycles. The largest absolute Gasteiger partial charge is 0.490 e. The SMILES string of the molecule is NC1CCN(C(=O)[C@H](NS(=O)(=O)c2ccc(CCOC3CCCC3)cc2)C(F)(F)c2ccc(-c3ccc(Cl)cc3)cc2)CC1.O=C(O)C(F)(F)F. The van der Waals surface area contributed by atoms with E-state index in [1.165, 1.54) is 54.1 Å². The van der Waals surface area contributed by atoms with Crippen molar-refractivity contribution in [3.8, 4) is 11.1 Å². The van der Waals surface area contributed by atoms with Gasteiger partial charge in [-0.3, -0.25) is 4.79 Å². The van der Waals surface area contributed by atoms with E-state index in [1.807, 2.05) is 0 Å². The number of carboxylic acid groups (broad SMARTS) is 1. The maximum Gasteiger partial charge on any atom is 0.490 e. The molecule has 4 N–H and O–H groups in total. The zero-order valence-corrected chi connectivity index (χ0v) is 29.0. The second-order valence-corrected chi connectivity index (χ2v) is 14.5. The summed E-state index contributed by atoms with van der Waals surface area (Å²) >= 11 is 5.96. The zero-order chi connectivity index (χ0) is 37.4. The minimum absolute atomic E-state index is 0.141. The van der Waals surface area contributed by atoms with Crippen molar-refractivity contribution in [1.82, 2.24) is 9.62 Å². The summed E-state index contributed by atoms with van der Waals surface area (Å²) in [6.07, 6.45) is 1.15. The quantitative estimate of drug-likeness (QED) is 0.189. The molecule has 0 spiro atoms. The summed E-state index contributed by atoms with van der Waals surface area (Å²) < 4.78 is 99.1. The number of likely N-dealkylation sites (tertiary alicyclic amines) is 1. The van der Waals surface area contributed by atoms with Crippen LogP contribution in [0.3, 0.4) is 0 Å². The average Bonchev–Trinajstić information content (AvgIpc) is 3.61. The number of alkyl halides is 5. The Balaban J connectivity index is 0.000000755. The fourth-order valence-electron chi connectivity index (χ4n) is 5.73. The number of carboxylic acids is 1. The number of carbonyl (C=O) groups is 2. The maximum absolute atomic E-state index is 16.2. The fraction of sp³-hybridized carbons (Fsp3) is 0.429. The van der Waals surface area contributed by atoms with Gasteiger partial charge in [0.1, 0.15) is 0 Å². The van der Waals surface area contributed by atoms with Crippen LogP contribution in [0.2, 0.25) is 5.02 Å². The van der Waals surface area contributed by atoms with E-state index in [-0.39, 0.29) is 30.1 Å². The van der Waals surface area contributed by atoms with E-state index in [9.17, 15) is 26.4 Å². The normalized spacial score (nSPS) is 16.7. The molecule has 1 saturated heterocycles. The van der Waals surface area contributed by atoms with Crippen LogP contribution < -0.4 is 10.5 Å². The Morgan fingerprint density at radius 1 is 0.882 bits per heavy atom. The molecule has 3 aromatic rings. The lowest BCUT2D eigenvalue weighted by Crippen LogP contribution is -2.57. The van der Waals surface area contributed by atoms with Crippen LogP contribution in [0.4, 0.5) is 22.0 Å². The van der Waals surface area contributed by atoms with Gasteiger partial charge in [0.05, 0.1) is 17.6 Å². The minimum atomic E-state index is -5.08. The highest BCUT2D eigenvalue weighted by molar-refractivity contribution is 7.89. The molecule has 2 aliphatic rings. The number of amides is 1. The average molecular weight is 760 g/mol. The van der Waals surface area contributed by atoms with E-state index in [1.54, 1.807) is 36.4 Å². The summed E-state index contributed by atoms with van der Waals surface area (Å²) in [7, 11) is -4.50. The van der Waals surface area contributed by atoms with Crippen molar-refractivity contribution in [3.05, 3.63) is 88.9 Å². The topological polar surface area (TPSA) is 139 Å². The molecule has 278 valence electrons. The number of ether oxygens (including phenoxy) is 1. The maximum atomic E-state index is 16.2. The molecule has 16 heteroatoms. The Labute approximate surface area is 298 Å². The highest BCUT2D eigenvalue weighted by Gasteiger charge is 2.50. The van der Waals surface area contributed by atoms with Gasteiger partial charge < -0.3 is 20.5 Å². The third-order valence-electron chi connectivity index (χ3n) is 8.70. The van der Waals surface area contributed by atoms with Gasteiger partial charge in [0, 0.05) is 29.7 Å². The van der Waals surface area contributed by atoms with Crippen LogP contribution in [-0.4, -0.2) is 74.4 Å². The first-order valence-corrected chi connectivity index (χ1v) is 18.1. The molecule has 1 atom stereocenters. The number of rotatable bonds is 11. The van der Waals surface area contributed by atoms with Crippen LogP contribution in [0, 0.1) is 0 Å². The van der Waals surface area contributed by atoms with Crippen LogP contribution in [0.5, 0.6) is 0 Å². The summed E-state index contributed by atoms with van der Waals surface area (Å²) in [5, 5.41) is 7.67. The van der Waals surface area contributed by atoms with Gasteiger partial charge in [0.25, 0.3) is 5.92 Å². The lowest BCUT2D eigenvalue weighted by Gasteiger charge is -2.35. The monoisotopic (exact) mass is 759 g/mol. The third-order valence-corrected chi connectivity index (χ3v) is 10.4. The van der Waals surface area contributed by atoms with Crippen molar-refractivity contribution < 1.29 is 49.8 Å². The Hall–Kier alpha value is -3.63. The number of nitrogens with zero attached hydrogens (tertiary/aromatic N) is 1. The smallest absolute Gasteiger partial charge is 0.475 e. The Morgan fingerprint density at radius 2 is 1.39 bits per heavy atom. The number of benzene rings is 3. The van der Waals surface area contributed by atoms with Crippen molar-refractivity contribution in [3.63, 3.8) is 0 Å². The number of aliphatic carboxylic acids is 1. The van der Waals surface area contributed by atoms with Crippen LogP contribution in [0.1, 0.15) is 49.7 Å². The molecule has 1 amide bonds. The molecule has 1 aliphatic heterocycles. The van der Waals surface area contributed by atoms with Gasteiger partial charge in [-0.15, -0.1) is 0 Å². The van der Waals surface area contributed by atoms with E-state index in [4.69, 9.17) is 32.0 Å². The molecule has 9 nitrogen and oxygen atoms in total. The first-order chi connectivity index (χ1) is 24.0. The predicted octanol–water partition coefficient (Wildman–Crippen LogP) is 6.53. The lowest BCUT2D eigenvalue weighted by molar-refractivity contribution is -0.192. The lowest BCUT2D eigenvalue weighted by atomic mass is 9.96. The van der Waals surface area contributed by atoms with Crippen LogP contribution in [0.15, 0.2) is 77.7 Å². The molecule has 0 bridgehead atoms. The Kier molecular flexibility index (Phi) is 13.6. The first-order valence-electron chi connectivity index (χ1n) is 16.3. The van der Waals surface area contributed by atoms with Gasteiger partial charge in [0.2, 0.25) is 15.9 Å². The molecule has 0 aromatic heterocycles. The van der Waals surface area contributed by atoms with Crippen molar-refractivity contribution in [2.75, 3.05) is 19.7 Å². The number of halogens is 6. The van der Waals surface area contributed by atoms with Gasteiger partial charge >= 0.3 is 12.1 Å². The van der Waals surface area contributed by atoms with E-state index >= 15 is 8.78 Å². The van der Waals surface area contributed by atoms with E-state index < -0.39 is 45.6 Å². The van der Waals surface area contributed by atoms with Crippen LogP contribution >= 0.6 is 11.6 Å². The summed E-state index contributed by atoms with van der Waals surface area (Å²) in [6, 6.07) is 15.9. The molecular weight excluding hydrogens is 721 g/mol. The van der Waals surface area contributed by atoms with Crippen molar-refractivity contribution in [2.24, 2.45) is 5.73 Å². The molecule has 0 unspecified atom stereocenters. The molecule has 5 rings (SSSR count). The van der Waals surface area contributed by atoms with Crippen molar-refractivity contribution >= 4 is 33.5 Å². The number of piperidine rings is 1. The second-order valence-electron chi connectivity index (χ2n) is 12.4. The molecule has 3 aromatic carbocycles. The number of hydrogen-bond acceptors (Lipinski definition) is 6. The van der Waals surface area contributed by atoms with E-state index in [0.717, 1.165) is 24.0 Å². The molecule has 2 fully saturated rings. The second kappa shape index (κ2) is 17.3. The Morgan fingerprint density at radius 3 is 1.90 bits per heavy atom. The van der Waals surface area contributed by atoms with E-state index in [0.29, 0.717) is 36.5 Å². The number of nitrogens with two attached hydrogens (primary N) is 1. The summed E-state index contributed by atoms with van der Waals surface area (Å²) in [5.74, 6) is -7.61. The molecule has 0 radical (unpaired) electrons. The van der Waals surface area contributed by atoms with Gasteiger partial charge in [-0.1, -0.05) is 73.0 Å². The fourth-order valence-corrected chi connectivity index (χ4v) is 7.05. The number of nitrogens with one attached hydrogen (secondary N) is 1. The molecule has 51 heavy (non-hydrogen) atoms. The molecule has 1 aliphatic carbocycles. The number of carbonyl (C=O) groups excluding carboxylic acids is 1. The summed E-state index contributed by atoms with van der Waals surface area (Å²) in [6.45, 7) is 0.858. The van der Waals surface area contributed by atoms with Crippen molar-refractivity contribution in [1.29, 1.82) is 0 Å². The highest BCUT2D eigenvalue weighted by Crippen LogP contribution is 2.36. The van der Waals surface area contributed by atoms with Gasteiger partial charge in [-0.2, -0.15) is 26.7 Å². The minimum Gasteiger partial charge on any atom is -0.475 e. The number of sulfonamides is 1. The van der Waals surface area contributed by atoms with Crippen LogP contribution in [0.25, 0.3) is 11.1 Å². The van der Waals surface area contributed by atoms with Crippen LogP contribution in [-0.2, 0) is 36.7 Å². The highest BCUT2D eigenvalue weighted by atomic mass is 35.5. The first kappa shape index (κ1) is 40.1. The standard InChI is InChI=1S/C33H38ClF2N3O4S.C2HF3O2/c34-27-13-9-25(10-14-27)24-7-11-26(12-8-24)33(35,36)31(32(40)39-20-17-28(37)18-21-39)38-44(41,42)30-15-5-23(6-16-30)19-22-43-29-3-1-2-4-29;3-2(4,5)1(6)7/h5-16,28-29,31,38H,1-4,17-22,37H2;(H,6,7)/t31-;/m0./s1. The summed E-state index contributed by atoms with van der Waals surface area (Å²) in [4.78, 5) is 23.5. The Bertz CT molecular complexity index is 1710. The molecule has 1 saturated carbocycles. The third kappa shape index (κ3) is 11.2. The van der Waals surface area contributed by atoms with Gasteiger partial charge in [-0.25, -0.2) is 13.2 Å². The number of hydrogen-bond donors (Lipinski definition) is 3. The molecular formula is C35H39ClF5N3O6S. The van der Waals surface area contributed by atoms with Gasteiger partial charge in [-0.05, 0) is 73.1 Å².